The zero-order valence-corrected chi connectivity index (χ0v) is 16.4. The van der Waals surface area contributed by atoms with Gasteiger partial charge in [-0.3, -0.25) is 0 Å². The molecule has 0 unspecified atom stereocenters. The second kappa shape index (κ2) is 7.21. The Bertz CT molecular complexity index is 893. The molecule has 0 radical (unpaired) electrons. The van der Waals surface area contributed by atoms with E-state index in [-0.39, 0.29) is 22.3 Å². The van der Waals surface area contributed by atoms with Gasteiger partial charge in [0.15, 0.2) is 0 Å². The van der Waals surface area contributed by atoms with Crippen molar-refractivity contribution < 1.29 is 13.2 Å². The number of nitrogens with zero attached hydrogens (tertiary/aromatic N) is 4. The number of halogens is 4. The molecular weight excluding hydrogens is 393 g/mol. The molecule has 2 heterocycles. The molecule has 1 aromatic carbocycles. The van der Waals surface area contributed by atoms with Gasteiger partial charge in [0, 0.05) is 25.0 Å². The second-order valence-corrected chi connectivity index (χ2v) is 7.51. The Balaban J connectivity index is 1.93. The number of benzene rings is 1. The lowest BCUT2D eigenvalue weighted by Crippen LogP contribution is -2.67. The van der Waals surface area contributed by atoms with Crippen LogP contribution < -0.4 is 10.2 Å². The summed E-state index contributed by atoms with van der Waals surface area (Å²) in [4.78, 5) is 12.4. The van der Waals surface area contributed by atoms with Crippen LogP contribution in [-0.2, 0) is 6.18 Å². The predicted octanol–water partition coefficient (Wildman–Crippen LogP) is 4.03. The Hall–Kier alpha value is -2.39. The molecule has 6 nitrogen and oxygen atoms in total. The average molecular weight is 413 g/mol. The summed E-state index contributed by atoms with van der Waals surface area (Å²) >= 11 is 6.05. The fourth-order valence-corrected chi connectivity index (χ4v) is 3.18. The molecule has 2 N–H and O–H groups in total. The van der Waals surface area contributed by atoms with Gasteiger partial charge in [-0.25, -0.2) is 0 Å². The molecule has 150 valence electrons. The zero-order chi connectivity index (χ0) is 20.7. The van der Waals surface area contributed by atoms with Crippen LogP contribution in [0.2, 0.25) is 5.28 Å². The maximum Gasteiger partial charge on any atom is 0.416 e. The highest BCUT2D eigenvalue weighted by Crippen LogP contribution is 2.35. The Kier molecular flexibility index (Phi) is 5.24. The van der Waals surface area contributed by atoms with Crippen molar-refractivity contribution in [3.8, 4) is 0 Å². The van der Waals surface area contributed by atoms with Crippen molar-refractivity contribution in [1.29, 1.82) is 5.41 Å². The van der Waals surface area contributed by atoms with Crippen molar-refractivity contribution in [1.82, 2.24) is 14.9 Å². The molecule has 1 fully saturated rings. The van der Waals surface area contributed by atoms with E-state index in [0.29, 0.717) is 24.5 Å². The molecule has 0 bridgehead atoms. The van der Waals surface area contributed by atoms with Crippen LogP contribution in [0.25, 0.3) is 0 Å². The number of hydrogen-bond donors (Lipinski definition) is 2. The van der Waals surface area contributed by atoms with Gasteiger partial charge in [-0.1, -0.05) is 6.07 Å². The van der Waals surface area contributed by atoms with Crippen LogP contribution in [-0.4, -0.2) is 53.8 Å². The third kappa shape index (κ3) is 3.90. The highest BCUT2D eigenvalue weighted by Gasteiger charge is 2.42. The van der Waals surface area contributed by atoms with Crippen LogP contribution in [0.5, 0.6) is 0 Å². The molecule has 1 aliphatic heterocycles. The van der Waals surface area contributed by atoms with E-state index >= 15 is 0 Å². The van der Waals surface area contributed by atoms with Crippen molar-refractivity contribution in [3.63, 3.8) is 0 Å². The summed E-state index contributed by atoms with van der Waals surface area (Å²) in [5.74, 6) is 0.659. The fourth-order valence-electron chi connectivity index (χ4n) is 3.02. The molecule has 0 amide bonds. The van der Waals surface area contributed by atoms with Crippen molar-refractivity contribution >= 4 is 35.1 Å². The Morgan fingerprint density at radius 1 is 1.29 bits per heavy atom. The molecule has 2 aromatic rings. The van der Waals surface area contributed by atoms with E-state index in [9.17, 15) is 13.2 Å². The van der Waals surface area contributed by atoms with Crippen LogP contribution in [0.4, 0.5) is 30.5 Å². The van der Waals surface area contributed by atoms with Crippen molar-refractivity contribution in [2.45, 2.75) is 18.6 Å². The van der Waals surface area contributed by atoms with Gasteiger partial charge in [0.25, 0.3) is 0 Å². The van der Waals surface area contributed by atoms with E-state index in [0.717, 1.165) is 18.3 Å². The van der Waals surface area contributed by atoms with E-state index in [1.807, 2.05) is 19.0 Å². The van der Waals surface area contributed by atoms with E-state index < -0.39 is 11.7 Å². The minimum absolute atomic E-state index is 0.0364. The SMILES string of the molecule is CN(C)C1(C)CN(c2nc(Cl)nc(Nc3cccc(C(F)(F)F)c3)c2C=N)C1. The van der Waals surface area contributed by atoms with Gasteiger partial charge < -0.3 is 20.5 Å². The molecule has 1 saturated heterocycles. The lowest BCUT2D eigenvalue weighted by atomic mass is 9.90. The molecule has 3 rings (SSSR count). The Morgan fingerprint density at radius 2 is 1.96 bits per heavy atom. The molecular formula is C18H20ClF3N6. The summed E-state index contributed by atoms with van der Waals surface area (Å²) < 4.78 is 38.9. The van der Waals surface area contributed by atoms with Gasteiger partial charge >= 0.3 is 6.18 Å². The zero-order valence-electron chi connectivity index (χ0n) is 15.6. The lowest BCUT2D eigenvalue weighted by Gasteiger charge is -2.52. The number of alkyl halides is 3. The molecule has 0 spiro atoms. The third-order valence-electron chi connectivity index (χ3n) is 4.94. The summed E-state index contributed by atoms with van der Waals surface area (Å²) in [6.07, 6.45) is -3.38. The predicted molar refractivity (Wildman–Crippen MR) is 104 cm³/mol. The minimum Gasteiger partial charge on any atom is -0.352 e. The first-order valence-corrected chi connectivity index (χ1v) is 8.86. The number of anilines is 3. The molecule has 1 aromatic heterocycles. The van der Waals surface area contributed by atoms with Crippen LogP contribution >= 0.6 is 11.6 Å². The first-order valence-electron chi connectivity index (χ1n) is 8.48. The molecule has 28 heavy (non-hydrogen) atoms. The monoisotopic (exact) mass is 412 g/mol. The van der Waals surface area contributed by atoms with Crippen molar-refractivity contribution in [2.24, 2.45) is 0 Å². The Labute approximate surface area is 165 Å². The quantitative estimate of drug-likeness (QED) is 0.573. The van der Waals surface area contributed by atoms with Crippen LogP contribution in [0.1, 0.15) is 18.1 Å². The van der Waals surface area contributed by atoms with Crippen LogP contribution in [0.3, 0.4) is 0 Å². The first kappa shape index (κ1) is 20.3. The van der Waals surface area contributed by atoms with Gasteiger partial charge in [0.1, 0.15) is 11.6 Å². The normalized spacial score (nSPS) is 16.1. The summed E-state index contributed by atoms with van der Waals surface area (Å²) in [5, 5.41) is 10.6. The second-order valence-electron chi connectivity index (χ2n) is 7.17. The maximum atomic E-state index is 13.0. The number of hydrogen-bond acceptors (Lipinski definition) is 6. The lowest BCUT2D eigenvalue weighted by molar-refractivity contribution is -0.137. The van der Waals surface area contributed by atoms with E-state index in [4.69, 9.17) is 17.0 Å². The van der Waals surface area contributed by atoms with Crippen LogP contribution in [0.15, 0.2) is 24.3 Å². The smallest absolute Gasteiger partial charge is 0.352 e. The standard InChI is InChI=1S/C18H20ClF3N6/c1-17(27(2)3)9-28(10-17)15-13(8-23)14(25-16(19)26-15)24-12-6-4-5-11(7-12)18(20,21)22/h4-8,23H,9-10H2,1-3H3,(H,24,25,26). The Morgan fingerprint density at radius 3 is 2.54 bits per heavy atom. The molecule has 0 aliphatic carbocycles. The molecule has 0 atom stereocenters. The van der Waals surface area contributed by atoms with E-state index in [1.165, 1.54) is 12.1 Å². The largest absolute Gasteiger partial charge is 0.416 e. The molecule has 10 heteroatoms. The minimum atomic E-state index is -4.45. The van der Waals surface area contributed by atoms with Crippen LogP contribution in [0, 0.1) is 5.41 Å². The van der Waals surface area contributed by atoms with Crippen molar-refractivity contribution in [3.05, 3.63) is 40.7 Å². The third-order valence-corrected chi connectivity index (χ3v) is 5.11. The van der Waals surface area contributed by atoms with E-state index in [2.05, 4.69) is 27.1 Å². The highest BCUT2D eigenvalue weighted by atomic mass is 35.5. The van der Waals surface area contributed by atoms with E-state index in [1.54, 1.807) is 0 Å². The number of nitrogens with one attached hydrogen (secondary N) is 2. The molecule has 0 saturated carbocycles. The van der Waals surface area contributed by atoms with Gasteiger partial charge in [0.05, 0.1) is 16.7 Å². The fraction of sp³-hybridized carbons (Fsp3) is 0.389. The number of rotatable bonds is 5. The number of aromatic nitrogens is 2. The van der Waals surface area contributed by atoms with Gasteiger partial charge in [0.2, 0.25) is 5.28 Å². The molecule has 1 aliphatic rings. The summed E-state index contributed by atoms with van der Waals surface area (Å²) in [7, 11) is 3.98. The summed E-state index contributed by atoms with van der Waals surface area (Å²) in [6, 6.07) is 4.77. The van der Waals surface area contributed by atoms with Gasteiger partial charge in [-0.2, -0.15) is 23.1 Å². The summed E-state index contributed by atoms with van der Waals surface area (Å²) in [6.45, 7) is 3.46. The van der Waals surface area contributed by atoms with Crippen molar-refractivity contribution in [2.75, 3.05) is 37.4 Å². The van der Waals surface area contributed by atoms with Gasteiger partial charge in [-0.05, 0) is 50.8 Å². The highest BCUT2D eigenvalue weighted by molar-refractivity contribution is 6.28. The maximum absolute atomic E-state index is 13.0. The summed E-state index contributed by atoms with van der Waals surface area (Å²) in [5.41, 5.74) is -0.257. The average Bonchev–Trinajstić information content (AvgIpc) is 2.58. The first-order chi connectivity index (χ1) is 13.0. The topological polar surface area (TPSA) is 68.1 Å². The number of likely N-dealkylation sites (N-methyl/N-ethyl adjacent to an activating group) is 1. The van der Waals surface area contributed by atoms with Gasteiger partial charge in [-0.15, -0.1) is 0 Å².